The lowest BCUT2D eigenvalue weighted by molar-refractivity contribution is -0.164. The number of esters is 1. The van der Waals surface area contributed by atoms with Crippen LogP contribution in [-0.4, -0.2) is 27.1 Å². The summed E-state index contributed by atoms with van der Waals surface area (Å²) in [5.41, 5.74) is 5.99. The zero-order valence-electron chi connectivity index (χ0n) is 24.4. The van der Waals surface area contributed by atoms with Gasteiger partial charge in [-0.25, -0.2) is 4.79 Å². The van der Waals surface area contributed by atoms with Crippen molar-refractivity contribution < 1.29 is 22.7 Å². The van der Waals surface area contributed by atoms with Crippen molar-refractivity contribution in [2.75, 3.05) is 11.8 Å². The largest absolute Gasteiger partial charge is 0.467 e. The predicted molar refractivity (Wildman–Crippen MR) is 161 cm³/mol. The van der Waals surface area contributed by atoms with Crippen molar-refractivity contribution in [3.8, 4) is 11.1 Å². The van der Waals surface area contributed by atoms with E-state index in [1.165, 1.54) is 7.11 Å². The Bertz CT molecular complexity index is 1460. The van der Waals surface area contributed by atoms with Crippen LogP contribution in [0.15, 0.2) is 67.3 Å². The first-order valence-corrected chi connectivity index (χ1v) is 14.7. The number of anilines is 1. The summed E-state index contributed by atoms with van der Waals surface area (Å²) in [4.78, 5) is 13.2. The highest BCUT2D eigenvalue weighted by Crippen LogP contribution is 2.44. The van der Waals surface area contributed by atoms with E-state index >= 15 is 0 Å². The molecule has 7 nitrogen and oxygen atoms in total. The molecule has 0 unspecified atom stereocenters. The maximum absolute atomic E-state index is 13.3. The monoisotopic (exact) mass is 564 g/mol. The zero-order chi connectivity index (χ0) is 29.7. The molecule has 3 rings (SSSR count). The van der Waals surface area contributed by atoms with E-state index in [-0.39, 0.29) is 6.54 Å². The summed E-state index contributed by atoms with van der Waals surface area (Å²) in [6.07, 6.45) is 1.04. The summed E-state index contributed by atoms with van der Waals surface area (Å²) in [6.45, 7) is 15.4. The third-order valence-electron chi connectivity index (χ3n) is 6.56. The molecule has 0 amide bonds. The number of methoxy groups -OCH3 is 1. The third-order valence-corrected chi connectivity index (χ3v) is 7.56. The fourth-order valence-electron chi connectivity index (χ4n) is 4.68. The maximum Gasteiger partial charge on any atom is 0.339 e. The lowest BCUT2D eigenvalue weighted by Crippen LogP contribution is -2.32. The van der Waals surface area contributed by atoms with Gasteiger partial charge in [0.25, 0.3) is 10.2 Å². The summed E-state index contributed by atoms with van der Waals surface area (Å²) in [5, 5.41) is 0. The topological polar surface area (TPSA) is 93.7 Å². The van der Waals surface area contributed by atoms with E-state index in [1.54, 1.807) is 13.0 Å². The van der Waals surface area contributed by atoms with Gasteiger partial charge in [0.15, 0.2) is 6.10 Å². The number of benzene rings is 3. The van der Waals surface area contributed by atoms with Crippen LogP contribution in [0.25, 0.3) is 11.1 Å². The second-order valence-corrected chi connectivity index (χ2v) is 12.3. The van der Waals surface area contributed by atoms with Crippen molar-refractivity contribution in [2.24, 2.45) is 0 Å². The van der Waals surface area contributed by atoms with Gasteiger partial charge in [-0.05, 0) is 81.3 Å². The molecule has 1 atom stereocenters. The van der Waals surface area contributed by atoms with Crippen LogP contribution in [0.4, 0.5) is 5.69 Å². The summed E-state index contributed by atoms with van der Waals surface area (Å²) in [5.74, 6) is -0.571. The summed E-state index contributed by atoms with van der Waals surface area (Å²) in [7, 11) is -2.67. The van der Waals surface area contributed by atoms with Gasteiger partial charge in [-0.3, -0.25) is 4.72 Å². The molecule has 0 radical (unpaired) electrons. The third kappa shape index (κ3) is 7.59. The zero-order valence-corrected chi connectivity index (χ0v) is 25.2. The van der Waals surface area contributed by atoms with E-state index in [4.69, 9.17) is 9.47 Å². The number of ether oxygens (including phenoxy) is 2. The number of carbonyl (C=O) groups is 1. The maximum atomic E-state index is 13.3. The van der Waals surface area contributed by atoms with Gasteiger partial charge in [0.05, 0.1) is 18.4 Å². The molecule has 2 N–H and O–H groups in total. The highest BCUT2D eigenvalue weighted by molar-refractivity contribution is 7.90. The highest BCUT2D eigenvalue weighted by atomic mass is 32.2. The Kier molecular flexibility index (Phi) is 9.95. The van der Waals surface area contributed by atoms with E-state index in [0.29, 0.717) is 23.2 Å². The summed E-state index contributed by atoms with van der Waals surface area (Å²) < 4.78 is 43.5. The van der Waals surface area contributed by atoms with Gasteiger partial charge in [0.2, 0.25) is 0 Å². The Morgan fingerprint density at radius 2 is 1.62 bits per heavy atom. The molecular formula is C32H40N2O5S. The predicted octanol–water partition coefficient (Wildman–Crippen LogP) is 6.48. The fourth-order valence-corrected chi connectivity index (χ4v) is 5.65. The first-order valence-electron chi connectivity index (χ1n) is 13.2. The molecule has 3 aromatic rings. The van der Waals surface area contributed by atoms with Gasteiger partial charge < -0.3 is 9.47 Å². The quantitative estimate of drug-likeness (QED) is 0.205. The van der Waals surface area contributed by atoms with Crippen molar-refractivity contribution in [1.29, 1.82) is 0 Å². The van der Waals surface area contributed by atoms with Crippen molar-refractivity contribution in [3.63, 3.8) is 0 Å². The van der Waals surface area contributed by atoms with Gasteiger partial charge in [-0.15, -0.1) is 6.58 Å². The van der Waals surface area contributed by atoms with Crippen molar-refractivity contribution >= 4 is 21.9 Å². The first kappa shape index (κ1) is 31.1. The number of aryl methyl sites for hydroxylation is 1. The van der Waals surface area contributed by atoms with Crippen LogP contribution in [0.1, 0.15) is 60.3 Å². The van der Waals surface area contributed by atoms with Crippen LogP contribution < -0.4 is 9.44 Å². The van der Waals surface area contributed by atoms with Crippen LogP contribution >= 0.6 is 0 Å². The molecule has 0 saturated heterocycles. The second kappa shape index (κ2) is 12.8. The van der Waals surface area contributed by atoms with E-state index in [0.717, 1.165) is 33.4 Å². The summed E-state index contributed by atoms with van der Waals surface area (Å²) >= 11 is 0. The Morgan fingerprint density at radius 3 is 2.17 bits per heavy atom. The molecule has 0 fully saturated rings. The van der Waals surface area contributed by atoms with E-state index in [9.17, 15) is 13.2 Å². The molecule has 0 aliphatic heterocycles. The average molecular weight is 565 g/mol. The average Bonchev–Trinajstić information content (AvgIpc) is 2.90. The standard InChI is InChI=1S/C32H40N2O5S/c1-9-13-26-22(3)27(25-18-16-21(2)17-19-25)28(30(31(35)38-8)39-32(5,6)7)23(4)29(26)34-40(36,37)33-20-24-14-11-10-12-15-24/h9-12,14-19,30,33-34H,1,13,20H2,2-8H3/t30-/m0/s1. The lowest BCUT2D eigenvalue weighted by atomic mass is 9.83. The van der Waals surface area contributed by atoms with Crippen molar-refractivity contribution in [2.45, 2.75) is 66.2 Å². The minimum absolute atomic E-state index is 0.122. The smallest absolute Gasteiger partial charge is 0.339 e. The van der Waals surface area contributed by atoms with Crippen LogP contribution in [0, 0.1) is 20.8 Å². The number of carbonyl (C=O) groups excluding carboxylic acids is 1. The molecule has 3 aromatic carbocycles. The van der Waals surface area contributed by atoms with Gasteiger partial charge in [-0.2, -0.15) is 13.1 Å². The fraction of sp³-hybridized carbons (Fsp3) is 0.344. The Balaban J connectivity index is 2.29. The SMILES string of the molecule is C=CCc1c(C)c(-c2ccc(C)cc2)c([C@H](OC(C)(C)C)C(=O)OC)c(C)c1NS(=O)(=O)NCc1ccccc1. The first-order chi connectivity index (χ1) is 18.8. The van der Waals surface area contributed by atoms with Gasteiger partial charge >= 0.3 is 5.97 Å². The van der Waals surface area contributed by atoms with Gasteiger partial charge in [0.1, 0.15) is 0 Å². The molecule has 0 saturated carbocycles. The molecule has 0 bridgehead atoms. The Hall–Kier alpha value is -3.46. The minimum Gasteiger partial charge on any atom is -0.467 e. The van der Waals surface area contributed by atoms with Gasteiger partial charge in [0, 0.05) is 12.1 Å². The number of hydrogen-bond acceptors (Lipinski definition) is 5. The van der Waals surface area contributed by atoms with Gasteiger partial charge in [-0.1, -0.05) is 66.2 Å². The van der Waals surface area contributed by atoms with Crippen molar-refractivity contribution in [3.05, 3.63) is 101 Å². The molecule has 0 aromatic heterocycles. The molecule has 0 spiro atoms. The number of hydrogen-bond donors (Lipinski definition) is 2. The normalized spacial score (nSPS) is 12.6. The second-order valence-electron chi connectivity index (χ2n) is 10.8. The van der Waals surface area contributed by atoms with Crippen molar-refractivity contribution in [1.82, 2.24) is 4.72 Å². The molecule has 0 aliphatic rings. The number of nitrogens with one attached hydrogen (secondary N) is 2. The molecular weight excluding hydrogens is 524 g/mol. The lowest BCUT2D eigenvalue weighted by Gasteiger charge is -2.31. The Labute approximate surface area is 238 Å². The number of allylic oxidation sites excluding steroid dienone is 1. The minimum atomic E-state index is -3.99. The van der Waals surface area contributed by atoms with Crippen LogP contribution in [0.2, 0.25) is 0 Å². The molecule has 0 heterocycles. The molecule has 8 heteroatoms. The van der Waals surface area contributed by atoms with E-state index in [1.807, 2.05) is 89.2 Å². The highest BCUT2D eigenvalue weighted by Gasteiger charge is 2.35. The molecule has 40 heavy (non-hydrogen) atoms. The van der Waals surface area contributed by atoms with Crippen LogP contribution in [0.5, 0.6) is 0 Å². The van der Waals surface area contributed by atoms with E-state index < -0.39 is 27.9 Å². The number of rotatable bonds is 11. The van der Waals surface area contributed by atoms with E-state index in [2.05, 4.69) is 16.0 Å². The van der Waals surface area contributed by atoms with Crippen LogP contribution in [0.3, 0.4) is 0 Å². The molecule has 0 aliphatic carbocycles. The molecule has 214 valence electrons. The van der Waals surface area contributed by atoms with Crippen LogP contribution in [-0.2, 0) is 37.4 Å². The Morgan fingerprint density at radius 1 is 1.00 bits per heavy atom. The summed E-state index contributed by atoms with van der Waals surface area (Å²) in [6, 6.07) is 17.3.